The van der Waals surface area contributed by atoms with Gasteiger partial charge in [-0.25, -0.2) is 9.37 Å². The van der Waals surface area contributed by atoms with Gasteiger partial charge in [0.05, 0.1) is 53.7 Å². The Kier molecular flexibility index (Phi) is 6.04. The van der Waals surface area contributed by atoms with E-state index in [9.17, 15) is 4.79 Å². The first-order valence-corrected chi connectivity index (χ1v) is 12.4. The third kappa shape index (κ3) is 4.70. The van der Waals surface area contributed by atoms with Crippen molar-refractivity contribution in [2.75, 3.05) is 12.8 Å². The molecule has 0 unspecified atom stereocenters. The summed E-state index contributed by atoms with van der Waals surface area (Å²) in [6.45, 7) is 0.260. The number of hydrogen-bond donors (Lipinski definition) is 1. The summed E-state index contributed by atoms with van der Waals surface area (Å²) in [5.74, 6) is 5.98. The van der Waals surface area contributed by atoms with Crippen LogP contribution in [0.1, 0.15) is 40.0 Å². The van der Waals surface area contributed by atoms with Crippen molar-refractivity contribution in [3.05, 3.63) is 83.3 Å². The molecule has 1 aromatic carbocycles. The van der Waals surface area contributed by atoms with Crippen molar-refractivity contribution in [2.45, 2.75) is 25.4 Å². The first-order valence-electron chi connectivity index (χ1n) is 12.4. The Morgan fingerprint density at radius 3 is 2.69 bits per heavy atom. The average molecular weight is 522 g/mol. The van der Waals surface area contributed by atoms with Gasteiger partial charge in [-0.1, -0.05) is 11.8 Å². The number of rotatable bonds is 5. The van der Waals surface area contributed by atoms with E-state index in [1.54, 1.807) is 60.7 Å². The van der Waals surface area contributed by atoms with Crippen LogP contribution in [0.2, 0.25) is 0 Å². The fourth-order valence-electron chi connectivity index (χ4n) is 4.56. The predicted octanol–water partition coefficient (Wildman–Crippen LogP) is 3.85. The van der Waals surface area contributed by atoms with Crippen molar-refractivity contribution < 1.29 is 13.9 Å². The van der Waals surface area contributed by atoms with Crippen molar-refractivity contribution in [1.82, 2.24) is 29.6 Å². The van der Waals surface area contributed by atoms with Gasteiger partial charge in [0.1, 0.15) is 17.4 Å². The van der Waals surface area contributed by atoms with Crippen LogP contribution < -0.4 is 10.5 Å². The predicted molar refractivity (Wildman–Crippen MR) is 144 cm³/mol. The lowest BCUT2D eigenvalue weighted by Crippen LogP contribution is -2.33. The van der Waals surface area contributed by atoms with Gasteiger partial charge in [0.15, 0.2) is 0 Å². The number of benzene rings is 1. The fourth-order valence-corrected chi connectivity index (χ4v) is 4.56. The largest absolute Gasteiger partial charge is 0.495 e. The summed E-state index contributed by atoms with van der Waals surface area (Å²) < 4.78 is 22.1. The molecule has 1 aliphatic rings. The van der Waals surface area contributed by atoms with Crippen LogP contribution in [0.3, 0.4) is 0 Å². The molecule has 1 fully saturated rings. The van der Waals surface area contributed by atoms with Crippen LogP contribution in [0.5, 0.6) is 5.75 Å². The second-order valence-electron chi connectivity index (χ2n) is 9.44. The van der Waals surface area contributed by atoms with E-state index in [4.69, 9.17) is 10.5 Å². The lowest BCUT2D eigenvalue weighted by Gasteiger charge is -2.23. The maximum atomic E-state index is 15.2. The Hall–Kier alpha value is -5.04. The molecular weight excluding hydrogens is 497 g/mol. The smallest absolute Gasteiger partial charge is 0.257 e. The molecule has 9 nitrogen and oxygen atoms in total. The number of fused-ring (bicyclic) bond motifs is 3. The number of aromatic nitrogens is 5. The van der Waals surface area contributed by atoms with Gasteiger partial charge in [0, 0.05) is 48.1 Å². The third-order valence-corrected chi connectivity index (χ3v) is 6.73. The maximum absolute atomic E-state index is 15.2. The summed E-state index contributed by atoms with van der Waals surface area (Å²) in [5.41, 5.74) is 9.24. The van der Waals surface area contributed by atoms with Crippen LogP contribution in [-0.4, -0.2) is 48.7 Å². The van der Waals surface area contributed by atoms with Crippen molar-refractivity contribution >= 4 is 33.5 Å². The number of carbonyl (C=O) groups excluding carboxylic acids is 1. The first kappa shape index (κ1) is 24.3. The van der Waals surface area contributed by atoms with E-state index < -0.39 is 5.82 Å². The number of aryl methyl sites for hydroxylation is 1. The van der Waals surface area contributed by atoms with Gasteiger partial charge in [-0.3, -0.25) is 19.4 Å². The molecule has 194 valence electrons. The first-order chi connectivity index (χ1) is 18.9. The van der Waals surface area contributed by atoms with E-state index in [0.29, 0.717) is 33.2 Å². The zero-order valence-electron chi connectivity index (χ0n) is 21.3. The Bertz CT molecular complexity index is 1800. The standard InChI is InChI=1S/C29H24FN7O2/c1-36-27-23-10-22(25(30)11-26(23)35-28(31)24(27)15-34-36)29(38)37(20-7-8-20)16-19-6-5-17(13-33-19)3-4-18-9-21(39-2)14-32-12-18/h5-6,9-15,20H,7-8,16H2,1-2H3,(H2,31,35). The number of hydrogen-bond acceptors (Lipinski definition) is 7. The number of ether oxygens (including phenoxy) is 1. The molecule has 0 atom stereocenters. The molecule has 0 saturated heterocycles. The Morgan fingerprint density at radius 2 is 1.95 bits per heavy atom. The Balaban J connectivity index is 1.27. The lowest BCUT2D eigenvalue weighted by molar-refractivity contribution is 0.0723. The van der Waals surface area contributed by atoms with Crippen LogP contribution in [0, 0.1) is 17.7 Å². The molecule has 39 heavy (non-hydrogen) atoms. The van der Waals surface area contributed by atoms with Crippen molar-refractivity contribution in [3.63, 3.8) is 0 Å². The van der Waals surface area contributed by atoms with E-state index in [1.165, 1.54) is 6.07 Å². The number of nitrogens with zero attached hydrogens (tertiary/aromatic N) is 6. The molecular formula is C29H24FN7O2. The van der Waals surface area contributed by atoms with E-state index in [-0.39, 0.29) is 29.9 Å². The molecule has 10 heteroatoms. The molecule has 4 heterocycles. The SMILES string of the molecule is COc1cncc(C#Cc2ccc(CN(C(=O)c3cc4c(cc3F)nc(N)c3cnn(C)c34)C3CC3)nc2)c1. The van der Waals surface area contributed by atoms with Gasteiger partial charge in [0.25, 0.3) is 5.91 Å². The summed E-state index contributed by atoms with van der Waals surface area (Å²) in [4.78, 5) is 28.3. The van der Waals surface area contributed by atoms with Crippen molar-refractivity contribution in [2.24, 2.45) is 7.05 Å². The Morgan fingerprint density at radius 1 is 1.13 bits per heavy atom. The maximum Gasteiger partial charge on any atom is 0.257 e. The van der Waals surface area contributed by atoms with Crippen LogP contribution in [0.25, 0.3) is 21.8 Å². The molecule has 5 aromatic rings. The quantitative estimate of drug-likeness (QED) is 0.350. The minimum atomic E-state index is -0.641. The molecule has 6 rings (SSSR count). The number of amides is 1. The minimum Gasteiger partial charge on any atom is -0.495 e. The minimum absolute atomic E-state index is 0.0159. The van der Waals surface area contributed by atoms with E-state index in [0.717, 1.165) is 24.0 Å². The number of nitrogens with two attached hydrogens (primary N) is 1. The van der Waals surface area contributed by atoms with Gasteiger partial charge in [-0.05, 0) is 37.1 Å². The topological polar surface area (TPSA) is 112 Å². The van der Waals surface area contributed by atoms with Gasteiger partial charge < -0.3 is 15.4 Å². The highest BCUT2D eigenvalue weighted by Crippen LogP contribution is 2.33. The molecule has 1 aliphatic carbocycles. The number of nitrogen functional groups attached to an aromatic ring is 1. The highest BCUT2D eigenvalue weighted by atomic mass is 19.1. The highest BCUT2D eigenvalue weighted by Gasteiger charge is 2.34. The molecule has 2 N–H and O–H groups in total. The molecule has 0 radical (unpaired) electrons. The number of anilines is 1. The number of halogens is 1. The molecule has 1 saturated carbocycles. The van der Waals surface area contributed by atoms with Gasteiger partial charge in [-0.2, -0.15) is 5.10 Å². The van der Waals surface area contributed by atoms with Gasteiger partial charge in [-0.15, -0.1) is 0 Å². The lowest BCUT2D eigenvalue weighted by atomic mass is 10.1. The van der Waals surface area contributed by atoms with E-state index in [1.807, 2.05) is 12.1 Å². The van der Waals surface area contributed by atoms with Crippen LogP contribution in [0.4, 0.5) is 10.2 Å². The number of carbonyl (C=O) groups is 1. The molecule has 0 spiro atoms. The third-order valence-electron chi connectivity index (χ3n) is 6.73. The zero-order chi connectivity index (χ0) is 27.1. The molecule has 1 amide bonds. The molecule has 0 bridgehead atoms. The van der Waals surface area contributed by atoms with Crippen LogP contribution in [-0.2, 0) is 13.6 Å². The summed E-state index contributed by atoms with van der Waals surface area (Å²) in [6, 6.07) is 8.34. The van der Waals surface area contributed by atoms with Gasteiger partial charge in [0.2, 0.25) is 0 Å². The second kappa shape index (κ2) is 9.68. The summed E-state index contributed by atoms with van der Waals surface area (Å²) in [7, 11) is 3.35. The second-order valence-corrected chi connectivity index (χ2v) is 9.44. The summed E-state index contributed by atoms with van der Waals surface area (Å²) in [6.07, 6.45) is 8.28. The van der Waals surface area contributed by atoms with Crippen molar-refractivity contribution in [1.29, 1.82) is 0 Å². The number of pyridine rings is 3. The van der Waals surface area contributed by atoms with E-state index in [2.05, 4.69) is 31.9 Å². The summed E-state index contributed by atoms with van der Waals surface area (Å²) in [5, 5.41) is 5.53. The van der Waals surface area contributed by atoms with Gasteiger partial charge >= 0.3 is 0 Å². The summed E-state index contributed by atoms with van der Waals surface area (Å²) >= 11 is 0. The van der Waals surface area contributed by atoms with Crippen molar-refractivity contribution in [3.8, 4) is 17.6 Å². The zero-order valence-corrected chi connectivity index (χ0v) is 21.3. The van der Waals surface area contributed by atoms with Crippen LogP contribution in [0.15, 0.2) is 55.1 Å². The van der Waals surface area contributed by atoms with E-state index >= 15 is 4.39 Å². The molecule has 0 aliphatic heterocycles. The fraction of sp³-hybridized carbons (Fsp3) is 0.207. The highest BCUT2D eigenvalue weighted by molar-refractivity contribution is 6.10. The monoisotopic (exact) mass is 521 g/mol. The molecule has 4 aromatic heterocycles. The average Bonchev–Trinajstić information content (AvgIpc) is 3.71. The number of methoxy groups -OCH3 is 1. The normalized spacial score (nSPS) is 12.8. The Labute approximate surface area is 223 Å². The van der Waals surface area contributed by atoms with Crippen LogP contribution >= 0.6 is 0 Å².